The van der Waals surface area contributed by atoms with Crippen LogP contribution in [0, 0.1) is 0 Å². The van der Waals surface area contributed by atoms with E-state index in [1.165, 1.54) is 18.3 Å². The van der Waals surface area contributed by atoms with Crippen LogP contribution in [0.4, 0.5) is 0 Å². The second-order valence-corrected chi connectivity index (χ2v) is 4.03. The number of hydrogen-bond acceptors (Lipinski definition) is 3. The Morgan fingerprint density at radius 2 is 2.11 bits per heavy atom. The lowest BCUT2D eigenvalue weighted by Gasteiger charge is -1.93. The maximum absolute atomic E-state index is 11.3. The summed E-state index contributed by atoms with van der Waals surface area (Å²) >= 11 is 0. The van der Waals surface area contributed by atoms with Crippen molar-refractivity contribution in [3.05, 3.63) is 52.4 Å². The molecule has 0 bridgehead atoms. The van der Waals surface area contributed by atoms with Gasteiger partial charge in [0.05, 0.1) is 11.1 Å². The molecular weight excluding hydrogens is 246 g/mol. The lowest BCUT2D eigenvalue weighted by Crippen LogP contribution is -2.02. The normalized spacial score (nSPS) is 10.7. The van der Waals surface area contributed by atoms with E-state index >= 15 is 0 Å². The number of benzene rings is 1. The van der Waals surface area contributed by atoms with Gasteiger partial charge in [-0.2, -0.15) is 0 Å². The standard InChI is InChI=1S/C13H9N3O3/c17-10-6-7(4-5-14-10)12-15-9-3-1-2-8(13(18)19)11(9)16-12/h1-6H,(H,14,17)(H,15,16)(H,18,19). The van der Waals surface area contributed by atoms with Crippen LogP contribution in [-0.2, 0) is 0 Å². The van der Waals surface area contributed by atoms with Crippen molar-refractivity contribution < 1.29 is 9.90 Å². The maximum atomic E-state index is 11.3. The second-order valence-electron chi connectivity index (χ2n) is 4.03. The summed E-state index contributed by atoms with van der Waals surface area (Å²) < 4.78 is 0. The topological polar surface area (TPSA) is 98.8 Å². The molecular formula is C13H9N3O3. The summed E-state index contributed by atoms with van der Waals surface area (Å²) in [6.07, 6.45) is 1.52. The van der Waals surface area contributed by atoms with Crippen LogP contribution in [0.15, 0.2) is 41.3 Å². The SMILES string of the molecule is O=C(O)c1cccc2[nH]c(-c3cc[nH]c(=O)c3)nc12. The first-order valence-electron chi connectivity index (χ1n) is 5.56. The Morgan fingerprint density at radius 1 is 1.26 bits per heavy atom. The average Bonchev–Trinajstić information content (AvgIpc) is 2.82. The molecule has 3 aromatic rings. The number of rotatable bonds is 2. The Bertz CT molecular complexity index is 832. The van der Waals surface area contributed by atoms with Crippen molar-refractivity contribution in [3.63, 3.8) is 0 Å². The molecule has 6 nitrogen and oxygen atoms in total. The zero-order valence-corrected chi connectivity index (χ0v) is 9.68. The molecule has 0 spiro atoms. The van der Waals surface area contributed by atoms with E-state index < -0.39 is 5.97 Å². The summed E-state index contributed by atoms with van der Waals surface area (Å²) in [4.78, 5) is 32.1. The average molecular weight is 255 g/mol. The summed E-state index contributed by atoms with van der Waals surface area (Å²) in [5.41, 5.74) is 1.50. The number of hydrogen-bond donors (Lipinski definition) is 3. The summed E-state index contributed by atoms with van der Waals surface area (Å²) in [6.45, 7) is 0. The van der Waals surface area contributed by atoms with Gasteiger partial charge in [-0.25, -0.2) is 9.78 Å². The van der Waals surface area contributed by atoms with E-state index in [-0.39, 0.29) is 11.1 Å². The van der Waals surface area contributed by atoms with E-state index in [2.05, 4.69) is 15.0 Å². The van der Waals surface area contributed by atoms with Crippen LogP contribution in [0.3, 0.4) is 0 Å². The summed E-state index contributed by atoms with van der Waals surface area (Å²) in [5, 5.41) is 9.10. The molecule has 2 heterocycles. The number of pyridine rings is 1. The van der Waals surface area contributed by atoms with E-state index in [1.54, 1.807) is 18.2 Å². The molecule has 1 aromatic carbocycles. The van der Waals surface area contributed by atoms with Crippen LogP contribution in [0.25, 0.3) is 22.4 Å². The molecule has 0 radical (unpaired) electrons. The van der Waals surface area contributed by atoms with E-state index in [4.69, 9.17) is 5.11 Å². The minimum atomic E-state index is -1.03. The van der Waals surface area contributed by atoms with Gasteiger partial charge in [0.2, 0.25) is 5.56 Å². The third kappa shape index (κ3) is 1.89. The molecule has 0 amide bonds. The van der Waals surface area contributed by atoms with Crippen LogP contribution in [0.5, 0.6) is 0 Å². The number of carbonyl (C=O) groups is 1. The molecule has 6 heteroatoms. The van der Waals surface area contributed by atoms with Crippen LogP contribution >= 0.6 is 0 Å². The van der Waals surface area contributed by atoms with Crippen LogP contribution in [0.1, 0.15) is 10.4 Å². The van der Waals surface area contributed by atoms with Gasteiger partial charge in [0, 0.05) is 17.8 Å². The van der Waals surface area contributed by atoms with Crippen molar-refractivity contribution in [2.45, 2.75) is 0 Å². The highest BCUT2D eigenvalue weighted by Gasteiger charge is 2.13. The van der Waals surface area contributed by atoms with Crippen LogP contribution in [0.2, 0.25) is 0 Å². The molecule has 0 atom stereocenters. The molecule has 19 heavy (non-hydrogen) atoms. The smallest absolute Gasteiger partial charge is 0.337 e. The largest absolute Gasteiger partial charge is 0.478 e. The van der Waals surface area contributed by atoms with Crippen molar-refractivity contribution in [2.24, 2.45) is 0 Å². The minimum Gasteiger partial charge on any atom is -0.478 e. The monoisotopic (exact) mass is 255 g/mol. The van der Waals surface area contributed by atoms with E-state index in [9.17, 15) is 9.59 Å². The van der Waals surface area contributed by atoms with Gasteiger partial charge in [0.15, 0.2) is 0 Å². The van der Waals surface area contributed by atoms with E-state index in [0.29, 0.717) is 22.4 Å². The Balaban J connectivity index is 2.25. The number of aromatic carboxylic acids is 1. The summed E-state index contributed by atoms with van der Waals surface area (Å²) in [7, 11) is 0. The van der Waals surface area contributed by atoms with E-state index in [1.807, 2.05) is 0 Å². The third-order valence-corrected chi connectivity index (χ3v) is 2.79. The number of para-hydroxylation sites is 1. The first-order chi connectivity index (χ1) is 9.15. The van der Waals surface area contributed by atoms with Crippen molar-refractivity contribution in [3.8, 4) is 11.4 Å². The zero-order chi connectivity index (χ0) is 13.4. The minimum absolute atomic E-state index is 0.129. The molecule has 0 saturated heterocycles. The van der Waals surface area contributed by atoms with Gasteiger partial charge in [-0.3, -0.25) is 4.79 Å². The number of imidazole rings is 1. The first-order valence-corrected chi connectivity index (χ1v) is 5.56. The Hall–Kier alpha value is -2.89. The highest BCUT2D eigenvalue weighted by atomic mass is 16.4. The number of nitrogens with zero attached hydrogens (tertiary/aromatic N) is 1. The lowest BCUT2D eigenvalue weighted by atomic mass is 10.2. The van der Waals surface area contributed by atoms with Gasteiger partial charge in [0.25, 0.3) is 0 Å². The fourth-order valence-corrected chi connectivity index (χ4v) is 1.93. The molecule has 2 aromatic heterocycles. The van der Waals surface area contributed by atoms with E-state index in [0.717, 1.165) is 0 Å². The number of H-pyrrole nitrogens is 2. The number of aromatic nitrogens is 3. The molecule has 0 unspecified atom stereocenters. The predicted molar refractivity (Wildman–Crippen MR) is 69.1 cm³/mol. The molecule has 3 N–H and O–H groups in total. The summed E-state index contributed by atoms with van der Waals surface area (Å²) in [5.74, 6) is -0.565. The predicted octanol–water partition coefficient (Wildman–Crippen LogP) is 1.62. The number of fused-ring (bicyclic) bond motifs is 1. The number of carboxylic acid groups (broad SMARTS) is 1. The Labute approximate surface area is 106 Å². The third-order valence-electron chi connectivity index (χ3n) is 2.79. The molecule has 0 aliphatic rings. The molecule has 0 saturated carbocycles. The van der Waals surface area contributed by atoms with Gasteiger partial charge in [-0.15, -0.1) is 0 Å². The first kappa shape index (κ1) is 11.2. The van der Waals surface area contributed by atoms with Crippen LogP contribution < -0.4 is 5.56 Å². The van der Waals surface area contributed by atoms with Gasteiger partial charge in [0.1, 0.15) is 11.3 Å². The number of nitrogens with one attached hydrogen (secondary N) is 2. The fourth-order valence-electron chi connectivity index (χ4n) is 1.93. The van der Waals surface area contributed by atoms with Gasteiger partial charge < -0.3 is 15.1 Å². The number of aromatic amines is 2. The zero-order valence-electron chi connectivity index (χ0n) is 9.68. The highest BCUT2D eigenvalue weighted by molar-refractivity contribution is 6.01. The summed E-state index contributed by atoms with van der Waals surface area (Å²) in [6, 6.07) is 7.97. The van der Waals surface area contributed by atoms with Gasteiger partial charge in [-0.05, 0) is 18.2 Å². The molecule has 0 aliphatic heterocycles. The quantitative estimate of drug-likeness (QED) is 0.647. The lowest BCUT2D eigenvalue weighted by molar-refractivity contribution is 0.0699. The van der Waals surface area contributed by atoms with Crippen molar-refractivity contribution in [1.82, 2.24) is 15.0 Å². The van der Waals surface area contributed by atoms with Gasteiger partial charge >= 0.3 is 5.97 Å². The maximum Gasteiger partial charge on any atom is 0.337 e. The Kier molecular flexibility index (Phi) is 2.42. The van der Waals surface area contributed by atoms with Crippen molar-refractivity contribution in [2.75, 3.05) is 0 Å². The highest BCUT2D eigenvalue weighted by Crippen LogP contribution is 2.21. The van der Waals surface area contributed by atoms with Gasteiger partial charge in [-0.1, -0.05) is 6.07 Å². The fraction of sp³-hybridized carbons (Fsp3) is 0. The second kappa shape index (κ2) is 4.09. The number of carboxylic acids is 1. The van der Waals surface area contributed by atoms with Crippen LogP contribution in [-0.4, -0.2) is 26.0 Å². The molecule has 94 valence electrons. The Morgan fingerprint density at radius 3 is 2.84 bits per heavy atom. The van der Waals surface area contributed by atoms with Crippen molar-refractivity contribution >= 4 is 17.0 Å². The molecule has 0 aliphatic carbocycles. The van der Waals surface area contributed by atoms with Crippen molar-refractivity contribution in [1.29, 1.82) is 0 Å². The molecule has 0 fully saturated rings. The molecule has 3 rings (SSSR count).